The third kappa shape index (κ3) is 3.08. The highest BCUT2D eigenvalue weighted by molar-refractivity contribution is 6.32. The van der Waals surface area contributed by atoms with Crippen LogP contribution >= 0.6 is 11.6 Å². The van der Waals surface area contributed by atoms with Gasteiger partial charge in [-0.3, -0.25) is 9.67 Å². The Kier molecular flexibility index (Phi) is 4.49. The number of aromatic carboxylic acids is 1. The highest BCUT2D eigenvalue weighted by atomic mass is 35.5. The average Bonchev–Trinajstić information content (AvgIpc) is 3.27. The molecule has 0 saturated heterocycles. The molecule has 0 amide bonds. The fourth-order valence-corrected chi connectivity index (χ4v) is 3.48. The molecule has 0 atom stereocenters. The molecule has 0 bridgehead atoms. The Hall–Kier alpha value is -3.38. The van der Waals surface area contributed by atoms with E-state index in [0.717, 1.165) is 39.9 Å². The van der Waals surface area contributed by atoms with Crippen LogP contribution in [0.5, 0.6) is 0 Å². The first-order valence-corrected chi connectivity index (χ1v) is 9.04. The van der Waals surface area contributed by atoms with Crippen LogP contribution in [0.25, 0.3) is 28.3 Å². The summed E-state index contributed by atoms with van der Waals surface area (Å²) in [5.41, 5.74) is 5.18. The minimum absolute atomic E-state index is 0.240. The zero-order chi connectivity index (χ0) is 19.8. The summed E-state index contributed by atoms with van der Waals surface area (Å²) in [7, 11) is 0. The number of H-pyrrole nitrogens is 1. The van der Waals surface area contributed by atoms with Gasteiger partial charge < -0.3 is 5.11 Å². The van der Waals surface area contributed by atoms with Gasteiger partial charge in [0.2, 0.25) is 0 Å². The fraction of sp³-hybridized carbons (Fsp3) is 0.0952. The summed E-state index contributed by atoms with van der Waals surface area (Å²) in [6.07, 6.45) is 0. The van der Waals surface area contributed by atoms with Crippen LogP contribution in [0.3, 0.4) is 0 Å². The molecule has 28 heavy (non-hydrogen) atoms. The minimum Gasteiger partial charge on any atom is -0.478 e. The number of nitrogens with one attached hydrogen (secondary N) is 1. The summed E-state index contributed by atoms with van der Waals surface area (Å²) in [4.78, 5) is 15.7. The Labute approximate surface area is 166 Å². The molecule has 2 heterocycles. The Morgan fingerprint density at radius 1 is 1.11 bits per heavy atom. The normalized spacial score (nSPS) is 11.0. The number of nitrogens with zero attached hydrogens (tertiary/aromatic N) is 3. The molecule has 4 rings (SSSR count). The SMILES string of the molecule is Cc1nc(-c2cc(-c3ccc(C(=O)O)cc3)n[nH]2)c(C)n1-c1ccccc1Cl. The fourth-order valence-electron chi connectivity index (χ4n) is 3.26. The second-order valence-electron chi connectivity index (χ2n) is 6.43. The number of carboxylic acid groups (broad SMARTS) is 1. The van der Waals surface area contributed by atoms with E-state index in [9.17, 15) is 4.79 Å². The maximum absolute atomic E-state index is 11.0. The lowest BCUT2D eigenvalue weighted by atomic mass is 10.1. The van der Waals surface area contributed by atoms with Crippen molar-refractivity contribution in [3.63, 3.8) is 0 Å². The molecule has 0 aliphatic heterocycles. The van der Waals surface area contributed by atoms with Crippen molar-refractivity contribution in [1.82, 2.24) is 19.7 Å². The van der Waals surface area contributed by atoms with Crippen molar-refractivity contribution in [1.29, 1.82) is 0 Å². The van der Waals surface area contributed by atoms with Crippen LogP contribution in [0.15, 0.2) is 54.6 Å². The second kappa shape index (κ2) is 6.98. The highest BCUT2D eigenvalue weighted by Crippen LogP contribution is 2.30. The molecule has 0 fully saturated rings. The predicted octanol–water partition coefficient (Wildman–Crippen LogP) is 4.90. The first-order valence-electron chi connectivity index (χ1n) is 8.66. The van der Waals surface area contributed by atoms with Crippen LogP contribution in [-0.4, -0.2) is 30.8 Å². The minimum atomic E-state index is -0.953. The molecule has 0 saturated carbocycles. The van der Waals surface area contributed by atoms with Gasteiger partial charge in [0, 0.05) is 11.3 Å². The van der Waals surface area contributed by atoms with E-state index >= 15 is 0 Å². The monoisotopic (exact) mass is 392 g/mol. The largest absolute Gasteiger partial charge is 0.478 e. The maximum atomic E-state index is 11.0. The van der Waals surface area contributed by atoms with E-state index in [2.05, 4.69) is 10.2 Å². The molecular formula is C21H17ClN4O2. The zero-order valence-corrected chi connectivity index (χ0v) is 16.0. The van der Waals surface area contributed by atoms with Gasteiger partial charge in [-0.05, 0) is 44.2 Å². The standard InChI is InChI=1S/C21H17ClN4O2/c1-12-20(23-13(2)26(12)19-6-4-3-5-16(19)22)18-11-17(24-25-18)14-7-9-15(10-8-14)21(27)28/h3-11H,1-2H3,(H,24,25)(H,27,28). The summed E-state index contributed by atoms with van der Waals surface area (Å²) in [5, 5.41) is 17.1. The molecule has 2 aromatic carbocycles. The Balaban J connectivity index is 1.73. The van der Waals surface area contributed by atoms with Crippen molar-refractivity contribution in [2.24, 2.45) is 0 Å². The lowest BCUT2D eigenvalue weighted by Gasteiger charge is -2.09. The lowest BCUT2D eigenvalue weighted by molar-refractivity contribution is 0.0697. The number of hydrogen-bond donors (Lipinski definition) is 2. The van der Waals surface area contributed by atoms with Gasteiger partial charge in [-0.2, -0.15) is 5.10 Å². The molecular weight excluding hydrogens is 376 g/mol. The molecule has 0 spiro atoms. The van der Waals surface area contributed by atoms with Crippen LogP contribution in [0.4, 0.5) is 0 Å². The second-order valence-corrected chi connectivity index (χ2v) is 6.84. The van der Waals surface area contributed by atoms with E-state index in [1.165, 1.54) is 0 Å². The summed E-state index contributed by atoms with van der Waals surface area (Å²) < 4.78 is 2.01. The maximum Gasteiger partial charge on any atom is 0.335 e. The molecule has 140 valence electrons. The summed E-state index contributed by atoms with van der Waals surface area (Å²) >= 11 is 6.37. The van der Waals surface area contributed by atoms with E-state index in [1.807, 2.05) is 48.7 Å². The molecule has 4 aromatic rings. The van der Waals surface area contributed by atoms with Crippen molar-refractivity contribution in [3.8, 4) is 28.3 Å². The van der Waals surface area contributed by atoms with E-state index in [0.29, 0.717) is 5.02 Å². The summed E-state index contributed by atoms with van der Waals surface area (Å²) in [6, 6.07) is 16.1. The van der Waals surface area contributed by atoms with Gasteiger partial charge >= 0.3 is 5.97 Å². The van der Waals surface area contributed by atoms with Gasteiger partial charge in [0.25, 0.3) is 0 Å². The third-order valence-electron chi connectivity index (χ3n) is 4.63. The lowest BCUT2D eigenvalue weighted by Crippen LogP contribution is -2.00. The van der Waals surface area contributed by atoms with Crippen molar-refractivity contribution in [2.45, 2.75) is 13.8 Å². The smallest absolute Gasteiger partial charge is 0.335 e. The zero-order valence-electron chi connectivity index (χ0n) is 15.3. The molecule has 2 aromatic heterocycles. The molecule has 0 radical (unpaired) electrons. The summed E-state index contributed by atoms with van der Waals surface area (Å²) in [5.74, 6) is -0.131. The molecule has 0 unspecified atom stereocenters. The van der Waals surface area contributed by atoms with Gasteiger partial charge in [0.05, 0.1) is 27.7 Å². The first-order chi connectivity index (χ1) is 13.5. The van der Waals surface area contributed by atoms with E-state index in [4.69, 9.17) is 21.7 Å². The van der Waals surface area contributed by atoms with Gasteiger partial charge in [-0.25, -0.2) is 9.78 Å². The quantitative estimate of drug-likeness (QED) is 0.517. The topological polar surface area (TPSA) is 83.8 Å². The number of para-hydroxylation sites is 1. The number of aromatic nitrogens is 4. The van der Waals surface area contributed by atoms with Crippen molar-refractivity contribution in [2.75, 3.05) is 0 Å². The van der Waals surface area contributed by atoms with Crippen LogP contribution in [0.1, 0.15) is 21.9 Å². The van der Waals surface area contributed by atoms with Crippen molar-refractivity contribution < 1.29 is 9.90 Å². The van der Waals surface area contributed by atoms with Crippen LogP contribution in [-0.2, 0) is 0 Å². The third-order valence-corrected chi connectivity index (χ3v) is 4.95. The number of aryl methyl sites for hydroxylation is 1. The Morgan fingerprint density at radius 2 is 1.82 bits per heavy atom. The molecule has 2 N–H and O–H groups in total. The van der Waals surface area contributed by atoms with Crippen molar-refractivity contribution >= 4 is 17.6 Å². The number of carbonyl (C=O) groups is 1. The van der Waals surface area contributed by atoms with Gasteiger partial charge in [-0.15, -0.1) is 0 Å². The Bertz CT molecular complexity index is 1180. The molecule has 0 aliphatic carbocycles. The summed E-state index contributed by atoms with van der Waals surface area (Å²) in [6.45, 7) is 3.92. The average molecular weight is 393 g/mol. The molecule has 6 nitrogen and oxygen atoms in total. The Morgan fingerprint density at radius 3 is 2.50 bits per heavy atom. The first kappa shape index (κ1) is 18.0. The highest BCUT2D eigenvalue weighted by Gasteiger charge is 2.18. The number of carboxylic acids is 1. The number of rotatable bonds is 4. The number of hydrogen-bond acceptors (Lipinski definition) is 3. The molecule has 0 aliphatic rings. The van der Waals surface area contributed by atoms with E-state index in [-0.39, 0.29) is 5.56 Å². The van der Waals surface area contributed by atoms with Crippen LogP contribution in [0.2, 0.25) is 5.02 Å². The van der Waals surface area contributed by atoms with Crippen LogP contribution in [0, 0.1) is 13.8 Å². The number of halogens is 1. The van der Waals surface area contributed by atoms with E-state index in [1.54, 1.807) is 24.3 Å². The van der Waals surface area contributed by atoms with Gasteiger partial charge in [0.1, 0.15) is 11.5 Å². The van der Waals surface area contributed by atoms with Crippen molar-refractivity contribution in [3.05, 3.63) is 76.7 Å². The predicted molar refractivity (Wildman–Crippen MR) is 108 cm³/mol. The van der Waals surface area contributed by atoms with Crippen LogP contribution < -0.4 is 0 Å². The number of benzene rings is 2. The van der Waals surface area contributed by atoms with E-state index < -0.39 is 5.97 Å². The number of aromatic amines is 1. The van der Waals surface area contributed by atoms with Gasteiger partial charge in [-0.1, -0.05) is 35.9 Å². The molecule has 7 heteroatoms. The van der Waals surface area contributed by atoms with Gasteiger partial charge in [0.15, 0.2) is 0 Å². The number of imidazole rings is 1.